The maximum atomic E-state index is 6.23. The first kappa shape index (κ1) is 12.3. The second-order valence-electron chi connectivity index (χ2n) is 4.97. The van der Waals surface area contributed by atoms with Gasteiger partial charge in [-0.2, -0.15) is 0 Å². The minimum absolute atomic E-state index is 0.317. The van der Waals surface area contributed by atoms with E-state index in [1.54, 1.807) is 0 Å². The van der Waals surface area contributed by atoms with Crippen LogP contribution < -0.4 is 5.32 Å². The van der Waals surface area contributed by atoms with E-state index in [9.17, 15) is 0 Å². The number of rotatable bonds is 5. The van der Waals surface area contributed by atoms with Crippen molar-refractivity contribution in [3.63, 3.8) is 0 Å². The monoisotopic (exact) mass is 217 g/mol. The fourth-order valence-electron chi connectivity index (χ4n) is 2.20. The largest absolute Gasteiger partial charge is 0.313 e. The predicted molar refractivity (Wildman–Crippen MR) is 64.0 cm³/mol. The molecule has 0 aliphatic heterocycles. The molecule has 0 saturated heterocycles. The second-order valence-corrected chi connectivity index (χ2v) is 5.59. The molecule has 14 heavy (non-hydrogen) atoms. The molecule has 1 rings (SSSR count). The SMILES string of the molecule is CC(C)CC(Cl)CNC1CCCCC1. The highest BCUT2D eigenvalue weighted by Crippen LogP contribution is 2.18. The van der Waals surface area contributed by atoms with Crippen molar-refractivity contribution in [3.05, 3.63) is 0 Å². The standard InChI is InChI=1S/C12H24ClN/c1-10(2)8-11(13)9-14-12-6-4-3-5-7-12/h10-12,14H,3-9H2,1-2H3. The average Bonchev–Trinajstić information content (AvgIpc) is 2.15. The van der Waals surface area contributed by atoms with Gasteiger partial charge in [0, 0.05) is 18.0 Å². The van der Waals surface area contributed by atoms with Gasteiger partial charge in [0.2, 0.25) is 0 Å². The van der Waals surface area contributed by atoms with Crippen LogP contribution in [0.5, 0.6) is 0 Å². The van der Waals surface area contributed by atoms with Gasteiger partial charge in [-0.3, -0.25) is 0 Å². The maximum Gasteiger partial charge on any atom is 0.0463 e. The molecule has 0 bridgehead atoms. The quantitative estimate of drug-likeness (QED) is 0.695. The molecule has 1 nitrogen and oxygen atoms in total. The van der Waals surface area contributed by atoms with Gasteiger partial charge in [0.15, 0.2) is 0 Å². The van der Waals surface area contributed by atoms with Crippen LogP contribution in [0.3, 0.4) is 0 Å². The number of halogens is 1. The summed E-state index contributed by atoms with van der Waals surface area (Å²) in [5.41, 5.74) is 0. The smallest absolute Gasteiger partial charge is 0.0463 e. The van der Waals surface area contributed by atoms with Crippen molar-refractivity contribution < 1.29 is 0 Å². The summed E-state index contributed by atoms with van der Waals surface area (Å²) in [7, 11) is 0. The Bertz CT molecular complexity index is 141. The molecule has 1 saturated carbocycles. The molecule has 1 atom stereocenters. The summed E-state index contributed by atoms with van der Waals surface area (Å²) in [5.74, 6) is 0.714. The van der Waals surface area contributed by atoms with Crippen LogP contribution in [0.15, 0.2) is 0 Å². The third kappa shape index (κ3) is 5.21. The summed E-state index contributed by atoms with van der Waals surface area (Å²) >= 11 is 6.23. The van der Waals surface area contributed by atoms with E-state index in [1.165, 1.54) is 32.1 Å². The van der Waals surface area contributed by atoms with Gasteiger partial charge in [0.1, 0.15) is 0 Å². The first-order chi connectivity index (χ1) is 6.68. The number of alkyl halides is 1. The first-order valence-electron chi connectivity index (χ1n) is 6.06. The van der Waals surface area contributed by atoms with Crippen molar-refractivity contribution in [2.45, 2.75) is 63.8 Å². The van der Waals surface area contributed by atoms with E-state index in [1.807, 2.05) is 0 Å². The molecule has 0 aromatic carbocycles. The third-order valence-corrected chi connectivity index (χ3v) is 3.29. The molecule has 1 unspecified atom stereocenters. The Morgan fingerprint density at radius 3 is 2.43 bits per heavy atom. The van der Waals surface area contributed by atoms with Crippen LogP contribution in [-0.4, -0.2) is 18.0 Å². The van der Waals surface area contributed by atoms with Crippen molar-refractivity contribution in [1.29, 1.82) is 0 Å². The van der Waals surface area contributed by atoms with Crippen LogP contribution in [0.1, 0.15) is 52.4 Å². The van der Waals surface area contributed by atoms with Gasteiger partial charge in [-0.15, -0.1) is 11.6 Å². The van der Waals surface area contributed by atoms with Gasteiger partial charge in [-0.25, -0.2) is 0 Å². The third-order valence-electron chi connectivity index (χ3n) is 2.96. The molecule has 1 N–H and O–H groups in total. The molecule has 0 radical (unpaired) electrons. The van der Waals surface area contributed by atoms with E-state index in [-0.39, 0.29) is 0 Å². The Labute approximate surface area is 93.6 Å². The molecule has 1 fully saturated rings. The average molecular weight is 218 g/mol. The topological polar surface area (TPSA) is 12.0 Å². The van der Waals surface area contributed by atoms with Crippen molar-refractivity contribution in [2.75, 3.05) is 6.54 Å². The van der Waals surface area contributed by atoms with Gasteiger partial charge >= 0.3 is 0 Å². The van der Waals surface area contributed by atoms with Crippen LogP contribution in [-0.2, 0) is 0 Å². The minimum Gasteiger partial charge on any atom is -0.313 e. The fourth-order valence-corrected chi connectivity index (χ4v) is 2.64. The van der Waals surface area contributed by atoms with E-state index >= 15 is 0 Å². The Kier molecular flexibility index (Phi) is 5.88. The summed E-state index contributed by atoms with van der Waals surface area (Å²) in [6.07, 6.45) is 8.05. The molecule has 0 aromatic rings. The van der Waals surface area contributed by atoms with E-state index < -0.39 is 0 Å². The maximum absolute atomic E-state index is 6.23. The zero-order valence-electron chi connectivity index (χ0n) is 9.56. The van der Waals surface area contributed by atoms with Crippen molar-refractivity contribution in [3.8, 4) is 0 Å². The molecule has 84 valence electrons. The summed E-state index contributed by atoms with van der Waals surface area (Å²) in [6.45, 7) is 5.45. The normalized spacial score (nSPS) is 21.4. The zero-order valence-corrected chi connectivity index (χ0v) is 10.3. The predicted octanol–water partition coefficient (Wildman–Crippen LogP) is 3.56. The summed E-state index contributed by atoms with van der Waals surface area (Å²) in [6, 6.07) is 0.747. The van der Waals surface area contributed by atoms with E-state index in [2.05, 4.69) is 19.2 Å². The van der Waals surface area contributed by atoms with Crippen LogP contribution >= 0.6 is 11.6 Å². The number of hydrogen-bond donors (Lipinski definition) is 1. The summed E-state index contributed by atoms with van der Waals surface area (Å²) < 4.78 is 0. The van der Waals surface area contributed by atoms with Gasteiger partial charge in [-0.05, 0) is 25.2 Å². The Balaban J connectivity index is 2.06. The lowest BCUT2D eigenvalue weighted by atomic mass is 9.95. The molecule has 0 heterocycles. The van der Waals surface area contributed by atoms with E-state index in [0.717, 1.165) is 19.0 Å². The van der Waals surface area contributed by atoms with Crippen molar-refractivity contribution in [1.82, 2.24) is 5.32 Å². The molecule has 0 aromatic heterocycles. The lowest BCUT2D eigenvalue weighted by Crippen LogP contribution is -2.35. The number of nitrogens with one attached hydrogen (secondary N) is 1. The lowest BCUT2D eigenvalue weighted by Gasteiger charge is -2.24. The second kappa shape index (κ2) is 6.68. The lowest BCUT2D eigenvalue weighted by molar-refractivity contribution is 0.368. The fraction of sp³-hybridized carbons (Fsp3) is 1.00. The first-order valence-corrected chi connectivity index (χ1v) is 6.49. The Hall–Kier alpha value is 0.250. The highest BCUT2D eigenvalue weighted by Gasteiger charge is 2.14. The highest BCUT2D eigenvalue weighted by molar-refractivity contribution is 6.20. The molecule has 0 spiro atoms. The Morgan fingerprint density at radius 1 is 1.21 bits per heavy atom. The Morgan fingerprint density at radius 2 is 1.86 bits per heavy atom. The van der Waals surface area contributed by atoms with Crippen molar-refractivity contribution >= 4 is 11.6 Å². The van der Waals surface area contributed by atoms with Gasteiger partial charge in [0.25, 0.3) is 0 Å². The zero-order chi connectivity index (χ0) is 10.4. The van der Waals surface area contributed by atoms with E-state index in [0.29, 0.717) is 11.3 Å². The van der Waals surface area contributed by atoms with Gasteiger partial charge in [0.05, 0.1) is 0 Å². The summed E-state index contributed by atoms with van der Waals surface area (Å²) in [4.78, 5) is 0. The van der Waals surface area contributed by atoms with Crippen LogP contribution in [0.4, 0.5) is 0 Å². The van der Waals surface area contributed by atoms with Crippen LogP contribution in [0.2, 0.25) is 0 Å². The minimum atomic E-state index is 0.317. The van der Waals surface area contributed by atoms with E-state index in [4.69, 9.17) is 11.6 Å². The molecule has 1 aliphatic rings. The van der Waals surface area contributed by atoms with Gasteiger partial charge in [-0.1, -0.05) is 33.1 Å². The molecule has 1 aliphatic carbocycles. The van der Waals surface area contributed by atoms with Crippen LogP contribution in [0.25, 0.3) is 0 Å². The summed E-state index contributed by atoms with van der Waals surface area (Å²) in [5, 5.41) is 3.91. The highest BCUT2D eigenvalue weighted by atomic mass is 35.5. The van der Waals surface area contributed by atoms with Crippen molar-refractivity contribution in [2.24, 2.45) is 5.92 Å². The molecular formula is C12H24ClN. The number of hydrogen-bond acceptors (Lipinski definition) is 1. The molecule has 2 heteroatoms. The van der Waals surface area contributed by atoms with Crippen LogP contribution in [0, 0.1) is 5.92 Å². The molecular weight excluding hydrogens is 194 g/mol. The molecule has 0 amide bonds. The van der Waals surface area contributed by atoms with Gasteiger partial charge < -0.3 is 5.32 Å².